The summed E-state index contributed by atoms with van der Waals surface area (Å²) in [6, 6.07) is 0.0451. The number of imidazole rings is 1. The first-order valence-corrected chi connectivity index (χ1v) is 12.2. The molecular weight excluding hydrogens is 412 g/mol. The zero-order valence-corrected chi connectivity index (χ0v) is 19.4. The van der Waals surface area contributed by atoms with Crippen molar-refractivity contribution < 1.29 is 9.53 Å². The summed E-state index contributed by atoms with van der Waals surface area (Å²) in [5.74, 6) is 0.893. The van der Waals surface area contributed by atoms with Crippen LogP contribution in [-0.4, -0.2) is 57.1 Å². The van der Waals surface area contributed by atoms with Crippen LogP contribution in [0.4, 0.5) is 10.7 Å². The smallest absolute Gasteiger partial charge is 0.407 e. The second-order valence-electron chi connectivity index (χ2n) is 10.0. The standard InChI is InChI=1S/C22H32N6O2S/c1-21(2,3)30-20(29)26-16-14-27(10-8-22(16)6-4-5-7-22)19-25-12-15(31-17-13-24-17)18-23-9-11-28(18)19/h9,11-12,16-17,24H,4-8,10,13-14H2,1-3H3,(H,26,29). The highest BCUT2D eigenvalue weighted by atomic mass is 32.2. The van der Waals surface area contributed by atoms with Gasteiger partial charge in [-0.25, -0.2) is 14.8 Å². The van der Waals surface area contributed by atoms with Crippen LogP contribution < -0.4 is 15.5 Å². The van der Waals surface area contributed by atoms with E-state index in [9.17, 15) is 4.79 Å². The third kappa shape index (κ3) is 4.35. The van der Waals surface area contributed by atoms with Crippen LogP contribution in [0.5, 0.6) is 0 Å². The number of aromatic nitrogens is 3. The molecule has 3 aliphatic rings. The molecule has 0 radical (unpaired) electrons. The quantitative estimate of drug-likeness (QED) is 0.698. The molecule has 9 heteroatoms. The number of nitrogens with one attached hydrogen (secondary N) is 2. The van der Waals surface area contributed by atoms with Gasteiger partial charge in [0, 0.05) is 38.2 Å². The van der Waals surface area contributed by atoms with E-state index in [0.717, 1.165) is 42.5 Å². The number of nitrogens with zero attached hydrogens (tertiary/aromatic N) is 4. The number of hydrogen-bond donors (Lipinski definition) is 2. The summed E-state index contributed by atoms with van der Waals surface area (Å²) in [7, 11) is 0. The van der Waals surface area contributed by atoms with E-state index in [4.69, 9.17) is 9.72 Å². The Bertz CT molecular complexity index is 961. The highest BCUT2D eigenvalue weighted by molar-refractivity contribution is 8.00. The molecule has 2 aromatic rings. The zero-order chi connectivity index (χ0) is 21.6. The van der Waals surface area contributed by atoms with Gasteiger partial charge in [-0.15, -0.1) is 11.8 Å². The lowest BCUT2D eigenvalue weighted by Crippen LogP contribution is -2.58. The van der Waals surface area contributed by atoms with Crippen LogP contribution in [0.1, 0.15) is 52.9 Å². The molecule has 2 N–H and O–H groups in total. The molecule has 31 heavy (non-hydrogen) atoms. The number of piperidine rings is 1. The van der Waals surface area contributed by atoms with Crippen LogP contribution in [0.25, 0.3) is 5.65 Å². The lowest BCUT2D eigenvalue weighted by molar-refractivity contribution is 0.0420. The molecule has 1 spiro atoms. The van der Waals surface area contributed by atoms with Gasteiger partial charge in [0.15, 0.2) is 5.65 Å². The monoisotopic (exact) mass is 444 g/mol. The third-order valence-electron chi connectivity index (χ3n) is 6.61. The number of fused-ring (bicyclic) bond motifs is 1. The number of carbonyl (C=O) groups is 1. The fourth-order valence-electron chi connectivity index (χ4n) is 5.03. The predicted molar refractivity (Wildman–Crippen MR) is 122 cm³/mol. The molecule has 4 heterocycles. The highest BCUT2D eigenvalue weighted by Gasteiger charge is 2.46. The van der Waals surface area contributed by atoms with Crippen LogP contribution >= 0.6 is 11.8 Å². The number of anilines is 1. The van der Waals surface area contributed by atoms with Gasteiger partial charge in [0.05, 0.1) is 16.3 Å². The molecular formula is C22H32N6O2S. The van der Waals surface area contributed by atoms with E-state index in [1.54, 1.807) is 11.8 Å². The Labute approximate surface area is 187 Å². The van der Waals surface area contributed by atoms with Gasteiger partial charge in [-0.2, -0.15) is 0 Å². The molecule has 1 aliphatic carbocycles. The first-order chi connectivity index (χ1) is 14.8. The van der Waals surface area contributed by atoms with Gasteiger partial charge in [-0.1, -0.05) is 12.8 Å². The van der Waals surface area contributed by atoms with Crippen molar-refractivity contribution in [3.8, 4) is 0 Å². The van der Waals surface area contributed by atoms with Crippen molar-refractivity contribution in [3.05, 3.63) is 18.6 Å². The van der Waals surface area contributed by atoms with E-state index < -0.39 is 5.60 Å². The third-order valence-corrected chi connectivity index (χ3v) is 7.77. The minimum Gasteiger partial charge on any atom is -0.444 e. The van der Waals surface area contributed by atoms with E-state index in [0.29, 0.717) is 5.37 Å². The zero-order valence-electron chi connectivity index (χ0n) is 18.6. The maximum Gasteiger partial charge on any atom is 0.407 e. The van der Waals surface area contributed by atoms with E-state index in [1.807, 2.05) is 39.4 Å². The minimum atomic E-state index is -0.504. The Morgan fingerprint density at radius 2 is 2.06 bits per heavy atom. The second kappa shape index (κ2) is 7.85. The Hall–Kier alpha value is -2.00. The maximum absolute atomic E-state index is 12.6. The average molecular weight is 445 g/mol. The Morgan fingerprint density at radius 1 is 1.29 bits per heavy atom. The molecule has 0 bridgehead atoms. The molecule has 2 saturated heterocycles. The Balaban J connectivity index is 1.39. The summed E-state index contributed by atoms with van der Waals surface area (Å²) < 4.78 is 7.68. The molecule has 2 aliphatic heterocycles. The summed E-state index contributed by atoms with van der Waals surface area (Å²) in [5.41, 5.74) is 0.603. The number of thioether (sulfide) groups is 1. The predicted octanol–water partition coefficient (Wildman–Crippen LogP) is 3.41. The largest absolute Gasteiger partial charge is 0.444 e. The van der Waals surface area contributed by atoms with Gasteiger partial charge in [0.1, 0.15) is 5.60 Å². The van der Waals surface area contributed by atoms with Gasteiger partial charge in [-0.3, -0.25) is 4.40 Å². The number of ether oxygens (including phenoxy) is 1. The molecule has 3 fully saturated rings. The number of hydrogen-bond acceptors (Lipinski definition) is 7. The number of amides is 1. The van der Waals surface area contributed by atoms with Gasteiger partial charge < -0.3 is 20.3 Å². The topological polar surface area (TPSA) is 93.7 Å². The Morgan fingerprint density at radius 3 is 2.77 bits per heavy atom. The van der Waals surface area contributed by atoms with E-state index in [2.05, 4.69) is 24.9 Å². The summed E-state index contributed by atoms with van der Waals surface area (Å²) in [6.45, 7) is 8.41. The van der Waals surface area contributed by atoms with Crippen molar-refractivity contribution in [3.63, 3.8) is 0 Å². The first-order valence-electron chi connectivity index (χ1n) is 11.3. The summed E-state index contributed by atoms with van der Waals surface area (Å²) in [6.07, 6.45) is 11.3. The SMILES string of the molecule is CC(C)(C)OC(=O)NC1CN(c2ncc(SC3CN3)c3nccn23)CCC12CCCC2. The number of carbonyl (C=O) groups excluding carboxylic acids is 1. The molecule has 2 unspecified atom stereocenters. The van der Waals surface area contributed by atoms with Crippen molar-refractivity contribution in [2.75, 3.05) is 24.5 Å². The van der Waals surface area contributed by atoms with Crippen molar-refractivity contribution in [2.45, 2.75) is 74.8 Å². The number of alkyl carbamates (subject to hydrolysis) is 1. The summed E-state index contributed by atoms with van der Waals surface area (Å²) in [5, 5.41) is 7.01. The van der Waals surface area contributed by atoms with E-state index in [-0.39, 0.29) is 17.6 Å². The van der Waals surface area contributed by atoms with Crippen LogP contribution in [0.2, 0.25) is 0 Å². The summed E-state index contributed by atoms with van der Waals surface area (Å²) in [4.78, 5) is 25.5. The van der Waals surface area contributed by atoms with Crippen molar-refractivity contribution in [2.24, 2.45) is 5.41 Å². The van der Waals surface area contributed by atoms with Gasteiger partial charge in [0.2, 0.25) is 5.95 Å². The van der Waals surface area contributed by atoms with Crippen LogP contribution in [0, 0.1) is 5.41 Å². The average Bonchev–Trinajstić information content (AvgIpc) is 3.18. The van der Waals surface area contributed by atoms with Crippen molar-refractivity contribution >= 4 is 29.5 Å². The van der Waals surface area contributed by atoms with Crippen LogP contribution in [0.15, 0.2) is 23.5 Å². The van der Waals surface area contributed by atoms with E-state index >= 15 is 0 Å². The van der Waals surface area contributed by atoms with Crippen molar-refractivity contribution in [1.82, 2.24) is 25.0 Å². The maximum atomic E-state index is 12.6. The fraction of sp³-hybridized carbons (Fsp3) is 0.682. The molecule has 2 aromatic heterocycles. The van der Waals surface area contributed by atoms with Gasteiger partial charge in [0.25, 0.3) is 0 Å². The normalized spacial score (nSPS) is 25.2. The number of rotatable bonds is 4. The molecule has 168 valence electrons. The molecule has 2 atom stereocenters. The fourth-order valence-corrected chi connectivity index (χ4v) is 5.97. The van der Waals surface area contributed by atoms with Crippen LogP contribution in [0.3, 0.4) is 0 Å². The highest BCUT2D eigenvalue weighted by Crippen LogP contribution is 2.47. The Kier molecular flexibility index (Phi) is 5.29. The summed E-state index contributed by atoms with van der Waals surface area (Å²) >= 11 is 1.78. The molecule has 1 amide bonds. The minimum absolute atomic E-state index is 0.0451. The van der Waals surface area contributed by atoms with Crippen LogP contribution in [-0.2, 0) is 4.74 Å². The van der Waals surface area contributed by atoms with Gasteiger partial charge in [-0.05, 0) is 45.4 Å². The molecule has 0 aromatic carbocycles. The first kappa shape index (κ1) is 20.9. The van der Waals surface area contributed by atoms with Gasteiger partial charge >= 0.3 is 6.09 Å². The molecule has 1 saturated carbocycles. The lowest BCUT2D eigenvalue weighted by Gasteiger charge is -2.46. The molecule has 5 rings (SSSR count). The second-order valence-corrected chi connectivity index (χ2v) is 11.3. The van der Waals surface area contributed by atoms with Crippen molar-refractivity contribution in [1.29, 1.82) is 0 Å². The van der Waals surface area contributed by atoms with E-state index in [1.165, 1.54) is 25.7 Å². The molecule has 8 nitrogen and oxygen atoms in total. The lowest BCUT2D eigenvalue weighted by atomic mass is 9.73.